The zero-order valence-corrected chi connectivity index (χ0v) is 20.6. The molecule has 3 aliphatic rings. The van der Waals surface area contributed by atoms with E-state index in [1.165, 1.54) is 5.56 Å². The molecule has 3 saturated heterocycles. The summed E-state index contributed by atoms with van der Waals surface area (Å²) in [6.45, 7) is 3.65. The van der Waals surface area contributed by atoms with E-state index in [4.69, 9.17) is 4.74 Å². The molecule has 2 unspecified atom stereocenters. The molecule has 2 aromatic carbocycles. The number of carbonyl (C=O) groups is 2. The van der Waals surface area contributed by atoms with Crippen LogP contribution in [0.15, 0.2) is 60.8 Å². The third-order valence-electron chi connectivity index (χ3n) is 8.25. The first-order chi connectivity index (χ1) is 17.6. The van der Waals surface area contributed by atoms with Gasteiger partial charge in [-0.2, -0.15) is 0 Å². The van der Waals surface area contributed by atoms with Crippen molar-refractivity contribution in [2.45, 2.75) is 56.3 Å². The van der Waals surface area contributed by atoms with E-state index in [-0.39, 0.29) is 17.9 Å². The Hall–Kier alpha value is -3.16. The number of aromatic amines is 1. The maximum Gasteiger partial charge on any atom is 0.246 e. The van der Waals surface area contributed by atoms with Gasteiger partial charge in [0.05, 0.1) is 6.10 Å². The van der Waals surface area contributed by atoms with Crippen LogP contribution >= 0.6 is 0 Å². The molecule has 3 aromatic rings. The number of benzene rings is 2. The van der Waals surface area contributed by atoms with Crippen molar-refractivity contribution >= 4 is 22.7 Å². The van der Waals surface area contributed by atoms with Crippen LogP contribution in [0.2, 0.25) is 0 Å². The van der Waals surface area contributed by atoms with Gasteiger partial charge in [0.15, 0.2) is 0 Å². The second kappa shape index (κ2) is 9.71. The fourth-order valence-corrected chi connectivity index (χ4v) is 6.21. The highest BCUT2D eigenvalue weighted by atomic mass is 16.5. The molecule has 0 radical (unpaired) electrons. The minimum atomic E-state index is -0.799. The summed E-state index contributed by atoms with van der Waals surface area (Å²) in [5, 5.41) is 4.24. The number of carbonyl (C=O) groups excluding carboxylic acids is 2. The van der Waals surface area contributed by atoms with Gasteiger partial charge < -0.3 is 19.9 Å². The van der Waals surface area contributed by atoms with Crippen molar-refractivity contribution in [1.29, 1.82) is 0 Å². The molecule has 6 rings (SSSR count). The number of amides is 2. The number of piperazine rings is 1. The van der Waals surface area contributed by atoms with Crippen molar-refractivity contribution in [3.8, 4) is 0 Å². The second-order valence-corrected chi connectivity index (χ2v) is 10.5. The van der Waals surface area contributed by atoms with Gasteiger partial charge in [0.2, 0.25) is 11.8 Å². The van der Waals surface area contributed by atoms with Gasteiger partial charge in [-0.15, -0.1) is 0 Å². The predicted molar refractivity (Wildman–Crippen MR) is 138 cm³/mol. The largest absolute Gasteiger partial charge is 0.376 e. The lowest BCUT2D eigenvalue weighted by molar-refractivity contribution is -0.163. The van der Waals surface area contributed by atoms with Crippen LogP contribution < -0.4 is 5.32 Å². The molecule has 0 aliphatic carbocycles. The van der Waals surface area contributed by atoms with Crippen LogP contribution in [-0.4, -0.2) is 70.5 Å². The van der Waals surface area contributed by atoms with Crippen molar-refractivity contribution < 1.29 is 14.3 Å². The minimum Gasteiger partial charge on any atom is -0.376 e. The van der Waals surface area contributed by atoms with E-state index in [1.54, 1.807) is 0 Å². The number of rotatable bonds is 6. The number of ether oxygens (including phenoxy) is 1. The molecule has 36 heavy (non-hydrogen) atoms. The Morgan fingerprint density at radius 1 is 1.00 bits per heavy atom. The van der Waals surface area contributed by atoms with E-state index in [9.17, 15) is 9.59 Å². The number of H-pyrrole nitrogens is 1. The Labute approximate surface area is 211 Å². The summed E-state index contributed by atoms with van der Waals surface area (Å²) in [5.41, 5.74) is 2.57. The minimum absolute atomic E-state index is 0.00723. The normalized spacial score (nSPS) is 24.5. The molecule has 1 aromatic heterocycles. The number of nitrogens with zero attached hydrogens (tertiary/aromatic N) is 2. The third kappa shape index (κ3) is 4.31. The van der Waals surface area contributed by atoms with Gasteiger partial charge in [0.25, 0.3) is 0 Å². The van der Waals surface area contributed by atoms with Crippen LogP contribution in [0.3, 0.4) is 0 Å². The van der Waals surface area contributed by atoms with Gasteiger partial charge in [-0.25, -0.2) is 0 Å². The van der Waals surface area contributed by atoms with Crippen LogP contribution in [0.1, 0.15) is 36.8 Å². The van der Waals surface area contributed by atoms with E-state index in [0.717, 1.165) is 55.5 Å². The molecule has 188 valence electrons. The van der Waals surface area contributed by atoms with Crippen LogP contribution in [0.4, 0.5) is 0 Å². The number of nitrogens with one attached hydrogen (secondary N) is 2. The molecule has 7 heteroatoms. The van der Waals surface area contributed by atoms with Gasteiger partial charge in [-0.3, -0.25) is 14.5 Å². The van der Waals surface area contributed by atoms with E-state index in [2.05, 4.69) is 45.5 Å². The van der Waals surface area contributed by atoms with Crippen molar-refractivity contribution in [3.63, 3.8) is 0 Å². The standard InChI is InChI=1S/C29H34N4O3/c34-27-26(17-22-18-30-25-11-5-4-10-24(22)25)31-28(35)29(33(27)20-23-9-6-16-36-23)12-14-32(15-13-29)19-21-7-2-1-3-8-21/h1-5,7-8,10-11,18,23,26,30H,6,9,12-17,19-20H2,(H,31,35). The van der Waals surface area contributed by atoms with Gasteiger partial charge in [-0.1, -0.05) is 48.5 Å². The Balaban J connectivity index is 1.23. The zero-order valence-electron chi connectivity index (χ0n) is 20.6. The lowest BCUT2D eigenvalue weighted by Gasteiger charge is -2.52. The Morgan fingerprint density at radius 2 is 1.78 bits per heavy atom. The van der Waals surface area contributed by atoms with Crippen LogP contribution in [0.5, 0.6) is 0 Å². The maximum atomic E-state index is 14.0. The number of fused-ring (bicyclic) bond motifs is 1. The summed E-state index contributed by atoms with van der Waals surface area (Å²) in [4.78, 5) is 35.4. The molecule has 2 N–H and O–H groups in total. The summed E-state index contributed by atoms with van der Waals surface area (Å²) in [6, 6.07) is 18.0. The molecule has 3 fully saturated rings. The van der Waals surface area contributed by atoms with E-state index < -0.39 is 11.6 Å². The first kappa shape index (κ1) is 23.3. The third-order valence-corrected chi connectivity index (χ3v) is 8.25. The summed E-state index contributed by atoms with van der Waals surface area (Å²) in [5.74, 6) is 0.0104. The maximum absolute atomic E-state index is 14.0. The molecular formula is C29H34N4O3. The lowest BCUT2D eigenvalue weighted by Crippen LogP contribution is -2.73. The number of hydrogen-bond acceptors (Lipinski definition) is 4. The average Bonchev–Trinajstić information content (AvgIpc) is 3.57. The van der Waals surface area contributed by atoms with E-state index >= 15 is 0 Å². The number of piperidine rings is 1. The van der Waals surface area contributed by atoms with Crippen molar-refractivity contribution in [3.05, 3.63) is 71.9 Å². The summed E-state index contributed by atoms with van der Waals surface area (Å²) in [7, 11) is 0. The Bertz CT molecular complexity index is 1230. The second-order valence-electron chi connectivity index (χ2n) is 10.5. The number of likely N-dealkylation sites (tertiary alicyclic amines) is 1. The van der Waals surface area contributed by atoms with Crippen molar-refractivity contribution in [1.82, 2.24) is 20.1 Å². The van der Waals surface area contributed by atoms with Crippen molar-refractivity contribution in [2.24, 2.45) is 0 Å². The first-order valence-corrected chi connectivity index (χ1v) is 13.2. The highest BCUT2D eigenvalue weighted by Crippen LogP contribution is 2.35. The molecule has 0 saturated carbocycles. The number of hydrogen-bond donors (Lipinski definition) is 2. The quantitative estimate of drug-likeness (QED) is 0.561. The predicted octanol–water partition coefficient (Wildman–Crippen LogP) is 3.25. The molecule has 2 atom stereocenters. The Kier molecular flexibility index (Phi) is 6.27. The summed E-state index contributed by atoms with van der Waals surface area (Å²) < 4.78 is 5.93. The van der Waals surface area contributed by atoms with E-state index in [0.29, 0.717) is 25.8 Å². The SMILES string of the molecule is O=C1C(Cc2c[nH]c3ccccc23)NC(=O)C2(CCN(Cc3ccccc3)CC2)N1CC1CCCO1. The number of aromatic nitrogens is 1. The fraction of sp³-hybridized carbons (Fsp3) is 0.448. The molecule has 2 amide bonds. The molecule has 1 spiro atoms. The highest BCUT2D eigenvalue weighted by Gasteiger charge is 2.54. The Morgan fingerprint density at radius 3 is 2.56 bits per heavy atom. The fourth-order valence-electron chi connectivity index (χ4n) is 6.21. The topological polar surface area (TPSA) is 77.7 Å². The van der Waals surface area contributed by atoms with Gasteiger partial charge in [-0.05, 0) is 42.9 Å². The van der Waals surface area contributed by atoms with E-state index in [1.807, 2.05) is 35.4 Å². The average molecular weight is 487 g/mol. The smallest absolute Gasteiger partial charge is 0.246 e. The lowest BCUT2D eigenvalue weighted by atomic mass is 9.80. The number of para-hydroxylation sites is 1. The van der Waals surface area contributed by atoms with Gasteiger partial charge in [0.1, 0.15) is 11.6 Å². The van der Waals surface area contributed by atoms with Gasteiger partial charge >= 0.3 is 0 Å². The zero-order chi connectivity index (χ0) is 24.5. The van der Waals surface area contributed by atoms with Crippen molar-refractivity contribution in [2.75, 3.05) is 26.2 Å². The molecule has 4 heterocycles. The monoisotopic (exact) mass is 486 g/mol. The molecular weight excluding hydrogens is 452 g/mol. The molecule has 3 aliphatic heterocycles. The van der Waals surface area contributed by atoms with Crippen LogP contribution in [0, 0.1) is 0 Å². The molecule has 0 bridgehead atoms. The summed E-state index contributed by atoms with van der Waals surface area (Å²) in [6.07, 6.45) is 5.68. The van der Waals surface area contributed by atoms with Crippen LogP contribution in [-0.2, 0) is 27.3 Å². The molecule has 7 nitrogen and oxygen atoms in total. The van der Waals surface area contributed by atoms with Gasteiger partial charge in [0, 0.05) is 56.3 Å². The van der Waals surface area contributed by atoms with Crippen LogP contribution in [0.25, 0.3) is 10.9 Å². The summed E-state index contributed by atoms with van der Waals surface area (Å²) >= 11 is 0. The first-order valence-electron chi connectivity index (χ1n) is 13.2. The highest BCUT2D eigenvalue weighted by molar-refractivity contribution is 6.00.